The first-order chi connectivity index (χ1) is 21.0. The third-order valence-corrected chi connectivity index (χ3v) is 8.49. The molecule has 6 rings (SSSR count). The van der Waals surface area contributed by atoms with Gasteiger partial charge in [0.1, 0.15) is 18.4 Å². The summed E-state index contributed by atoms with van der Waals surface area (Å²) in [6, 6.07) is 32.8. The van der Waals surface area contributed by atoms with Gasteiger partial charge < -0.3 is 15.4 Å². The second-order valence-corrected chi connectivity index (χ2v) is 11.6. The second kappa shape index (κ2) is 12.8. The maximum absolute atomic E-state index is 14.0. The number of ether oxygens (including phenoxy) is 1. The van der Waals surface area contributed by atoms with Gasteiger partial charge in [0.15, 0.2) is 0 Å². The molecular weight excluding hydrogens is 578 g/mol. The fourth-order valence-corrected chi connectivity index (χ4v) is 5.95. The maximum atomic E-state index is 14.0. The molecule has 0 saturated heterocycles. The lowest BCUT2D eigenvalue weighted by Gasteiger charge is -2.29. The van der Waals surface area contributed by atoms with Crippen molar-refractivity contribution >= 4 is 40.9 Å². The summed E-state index contributed by atoms with van der Waals surface area (Å²) in [5.41, 5.74) is 5.90. The van der Waals surface area contributed by atoms with Gasteiger partial charge in [-0.05, 0) is 54.8 Å². The van der Waals surface area contributed by atoms with E-state index in [-0.39, 0.29) is 5.91 Å². The first kappa shape index (κ1) is 28.6. The van der Waals surface area contributed by atoms with Gasteiger partial charge in [-0.15, -0.1) is 5.10 Å². The van der Waals surface area contributed by atoms with Crippen molar-refractivity contribution in [2.75, 3.05) is 10.6 Å². The molecule has 7 nitrogen and oxygen atoms in total. The number of thioether (sulfide) groups is 1. The van der Waals surface area contributed by atoms with E-state index < -0.39 is 6.04 Å². The summed E-state index contributed by atoms with van der Waals surface area (Å²) in [5, 5.41) is 12.6. The molecule has 0 bridgehead atoms. The van der Waals surface area contributed by atoms with Crippen LogP contribution in [0.4, 0.5) is 11.6 Å². The lowest BCUT2D eigenvalue weighted by Crippen LogP contribution is -2.31. The number of hydrogen-bond acceptors (Lipinski definition) is 6. The molecule has 43 heavy (non-hydrogen) atoms. The van der Waals surface area contributed by atoms with E-state index in [9.17, 15) is 4.79 Å². The first-order valence-electron chi connectivity index (χ1n) is 13.9. The minimum absolute atomic E-state index is 0.216. The summed E-state index contributed by atoms with van der Waals surface area (Å²) in [7, 11) is 0. The number of aryl methyl sites for hydroxylation is 1. The van der Waals surface area contributed by atoms with Crippen LogP contribution in [0.3, 0.4) is 0 Å². The molecule has 0 fully saturated rings. The summed E-state index contributed by atoms with van der Waals surface area (Å²) in [6.07, 6.45) is 0. The van der Waals surface area contributed by atoms with Crippen LogP contribution >= 0.6 is 23.4 Å². The van der Waals surface area contributed by atoms with Crippen LogP contribution in [0.15, 0.2) is 120 Å². The van der Waals surface area contributed by atoms with E-state index in [0.29, 0.717) is 39.8 Å². The van der Waals surface area contributed by atoms with Gasteiger partial charge in [0.2, 0.25) is 11.1 Å². The number of nitrogens with zero attached hydrogens (tertiary/aromatic N) is 3. The van der Waals surface area contributed by atoms with E-state index in [1.165, 1.54) is 5.56 Å². The Morgan fingerprint density at radius 1 is 0.977 bits per heavy atom. The minimum Gasteiger partial charge on any atom is -0.489 e. The molecule has 4 aromatic carbocycles. The number of amides is 1. The van der Waals surface area contributed by atoms with E-state index in [1.54, 1.807) is 16.4 Å². The van der Waals surface area contributed by atoms with Crippen LogP contribution in [0.1, 0.15) is 35.2 Å². The van der Waals surface area contributed by atoms with Gasteiger partial charge in [-0.2, -0.15) is 4.98 Å². The van der Waals surface area contributed by atoms with Crippen molar-refractivity contribution in [3.63, 3.8) is 0 Å². The number of carbonyl (C=O) groups is 1. The van der Waals surface area contributed by atoms with E-state index in [0.717, 1.165) is 28.1 Å². The van der Waals surface area contributed by atoms with Crippen molar-refractivity contribution in [3.05, 3.63) is 142 Å². The number of allylic oxidation sites excluding steroid dienone is 1. The predicted molar refractivity (Wildman–Crippen MR) is 173 cm³/mol. The highest BCUT2D eigenvalue weighted by atomic mass is 35.5. The third-order valence-electron chi connectivity index (χ3n) is 7.21. The number of rotatable bonds is 9. The number of carbonyl (C=O) groups excluding carboxylic acids is 1. The van der Waals surface area contributed by atoms with Gasteiger partial charge in [-0.25, -0.2) is 4.68 Å². The van der Waals surface area contributed by atoms with Gasteiger partial charge in [-0.1, -0.05) is 102 Å². The molecule has 1 aliphatic heterocycles. The summed E-state index contributed by atoms with van der Waals surface area (Å²) < 4.78 is 7.94. The van der Waals surface area contributed by atoms with Gasteiger partial charge in [-0.3, -0.25) is 4.79 Å². The molecule has 5 aromatic rings. The molecule has 2 heterocycles. The molecular formula is C34H30ClN5O2S. The number of anilines is 2. The van der Waals surface area contributed by atoms with Crippen LogP contribution in [-0.4, -0.2) is 20.7 Å². The molecule has 1 amide bonds. The molecule has 2 N–H and O–H groups in total. The van der Waals surface area contributed by atoms with Crippen LogP contribution in [0, 0.1) is 6.92 Å². The molecule has 0 saturated carbocycles. The predicted octanol–water partition coefficient (Wildman–Crippen LogP) is 8.04. The van der Waals surface area contributed by atoms with Crippen molar-refractivity contribution < 1.29 is 9.53 Å². The number of aromatic nitrogens is 3. The summed E-state index contributed by atoms with van der Waals surface area (Å²) in [6.45, 7) is 4.19. The van der Waals surface area contributed by atoms with Crippen LogP contribution in [0.5, 0.6) is 5.75 Å². The molecule has 1 aliphatic rings. The number of hydrogen-bond donors (Lipinski definition) is 2. The van der Waals surface area contributed by atoms with Gasteiger partial charge in [0.05, 0.1) is 5.57 Å². The average Bonchev–Trinajstić information content (AvgIpc) is 3.43. The second-order valence-electron chi connectivity index (χ2n) is 10.2. The zero-order valence-corrected chi connectivity index (χ0v) is 25.3. The monoisotopic (exact) mass is 607 g/mol. The van der Waals surface area contributed by atoms with Gasteiger partial charge in [0, 0.05) is 27.7 Å². The normalized spacial score (nSPS) is 14.2. The highest BCUT2D eigenvalue weighted by Gasteiger charge is 2.35. The quantitative estimate of drug-likeness (QED) is 0.165. The molecule has 0 radical (unpaired) electrons. The Bertz CT molecular complexity index is 1800. The minimum atomic E-state index is -0.539. The number of halogens is 1. The number of nitrogens with one attached hydrogen (secondary N) is 2. The average molecular weight is 608 g/mol. The molecule has 1 atom stereocenters. The van der Waals surface area contributed by atoms with Crippen molar-refractivity contribution in [2.45, 2.75) is 37.4 Å². The summed E-state index contributed by atoms with van der Waals surface area (Å²) >= 11 is 7.91. The maximum Gasteiger partial charge on any atom is 0.255 e. The Balaban J connectivity index is 1.34. The zero-order chi connectivity index (χ0) is 29.8. The Morgan fingerprint density at radius 2 is 1.74 bits per heavy atom. The van der Waals surface area contributed by atoms with Crippen molar-refractivity contribution in [1.29, 1.82) is 0 Å². The third kappa shape index (κ3) is 6.45. The lowest BCUT2D eigenvalue weighted by molar-refractivity contribution is -0.113. The number of benzene rings is 4. The number of para-hydroxylation sites is 1. The van der Waals surface area contributed by atoms with Crippen molar-refractivity contribution in [1.82, 2.24) is 14.8 Å². The lowest BCUT2D eigenvalue weighted by atomic mass is 9.94. The first-order valence-corrected chi connectivity index (χ1v) is 15.3. The van der Waals surface area contributed by atoms with Crippen molar-refractivity contribution in [3.8, 4) is 5.75 Å². The van der Waals surface area contributed by atoms with Crippen LogP contribution < -0.4 is 15.4 Å². The van der Waals surface area contributed by atoms with E-state index in [2.05, 4.69) is 22.8 Å². The SMILES string of the molecule is CC1=C(C(=O)Nc2ccccc2C)C(c2cccc(OCc3ccccc3Cl)c2)n2nc(SCc3ccccc3)nc2N1. The van der Waals surface area contributed by atoms with Crippen LogP contribution in [-0.2, 0) is 17.2 Å². The summed E-state index contributed by atoms with van der Waals surface area (Å²) in [4.78, 5) is 18.7. The smallest absolute Gasteiger partial charge is 0.255 e. The zero-order valence-electron chi connectivity index (χ0n) is 23.8. The fourth-order valence-electron chi connectivity index (χ4n) is 4.97. The fraction of sp³-hybridized carbons (Fsp3) is 0.147. The number of fused-ring (bicyclic) bond motifs is 1. The Labute approximate surface area is 260 Å². The van der Waals surface area contributed by atoms with Gasteiger partial charge >= 0.3 is 0 Å². The summed E-state index contributed by atoms with van der Waals surface area (Å²) in [5.74, 6) is 1.75. The molecule has 0 spiro atoms. The van der Waals surface area contributed by atoms with Crippen LogP contribution in [0.25, 0.3) is 0 Å². The molecule has 1 aromatic heterocycles. The van der Waals surface area contributed by atoms with Crippen molar-refractivity contribution in [2.24, 2.45) is 0 Å². The molecule has 1 unspecified atom stereocenters. The topological polar surface area (TPSA) is 81.1 Å². The van der Waals surface area contributed by atoms with E-state index >= 15 is 0 Å². The standard InChI is InChI=1S/C34H30ClN5O2S/c1-22-11-6-9-18-29(22)37-32(41)30-23(2)36-33-38-34(43-21-24-12-4-3-5-13-24)39-40(33)31(30)25-15-10-16-27(19-25)42-20-26-14-7-8-17-28(26)35/h3-19,31H,20-21H2,1-2H3,(H,37,41)(H,36,38,39). The highest BCUT2D eigenvalue weighted by molar-refractivity contribution is 7.98. The Hall–Kier alpha value is -4.53. The van der Waals surface area contributed by atoms with E-state index in [1.807, 2.05) is 105 Å². The largest absolute Gasteiger partial charge is 0.489 e. The van der Waals surface area contributed by atoms with Crippen LogP contribution in [0.2, 0.25) is 5.02 Å². The molecule has 216 valence electrons. The highest BCUT2D eigenvalue weighted by Crippen LogP contribution is 2.38. The van der Waals surface area contributed by atoms with E-state index in [4.69, 9.17) is 26.4 Å². The molecule has 0 aliphatic carbocycles. The Kier molecular flexibility index (Phi) is 8.49. The van der Waals surface area contributed by atoms with Gasteiger partial charge in [0.25, 0.3) is 5.91 Å². The molecule has 9 heteroatoms. The Morgan fingerprint density at radius 3 is 2.56 bits per heavy atom.